The quantitative estimate of drug-likeness (QED) is 0.785. The lowest BCUT2D eigenvalue weighted by atomic mass is 10.0. The van der Waals surface area contributed by atoms with Gasteiger partial charge >= 0.3 is 0 Å². The first-order valence-electron chi connectivity index (χ1n) is 6.00. The summed E-state index contributed by atoms with van der Waals surface area (Å²) >= 11 is 3.46. The van der Waals surface area contributed by atoms with Crippen LogP contribution in [-0.4, -0.2) is 22.7 Å². The van der Waals surface area contributed by atoms with Crippen LogP contribution < -0.4 is 0 Å². The third kappa shape index (κ3) is 2.71. The Kier molecular flexibility index (Phi) is 3.87. The molecule has 0 aliphatic carbocycles. The van der Waals surface area contributed by atoms with Crippen LogP contribution in [0.4, 0.5) is 0 Å². The molecule has 1 atom stereocenters. The molecule has 0 spiro atoms. The van der Waals surface area contributed by atoms with Gasteiger partial charge in [-0.05, 0) is 36.5 Å². The van der Waals surface area contributed by atoms with Crippen molar-refractivity contribution in [3.8, 4) is 0 Å². The van der Waals surface area contributed by atoms with Gasteiger partial charge in [-0.15, -0.1) is 0 Å². The van der Waals surface area contributed by atoms with E-state index in [2.05, 4.69) is 48.0 Å². The first kappa shape index (κ1) is 12.6. The van der Waals surface area contributed by atoms with Crippen molar-refractivity contribution in [2.24, 2.45) is 5.92 Å². The summed E-state index contributed by atoms with van der Waals surface area (Å²) in [7, 11) is 0. The number of carbonyl (C=O) groups excluding carboxylic acids is 1. The molecule has 1 unspecified atom stereocenters. The van der Waals surface area contributed by atoms with Crippen molar-refractivity contribution in [1.82, 2.24) is 4.90 Å². The van der Waals surface area contributed by atoms with Gasteiger partial charge in [0.25, 0.3) is 0 Å². The summed E-state index contributed by atoms with van der Waals surface area (Å²) in [5.41, 5.74) is 3.88. The number of rotatable bonds is 3. The van der Waals surface area contributed by atoms with Crippen molar-refractivity contribution in [1.29, 1.82) is 0 Å². The Morgan fingerprint density at radius 1 is 1.41 bits per heavy atom. The minimum Gasteiger partial charge on any atom is -0.338 e. The molecule has 0 radical (unpaired) electrons. The molecule has 1 amide bonds. The lowest BCUT2D eigenvalue weighted by molar-refractivity contribution is -0.128. The third-order valence-corrected chi connectivity index (χ3v) is 4.51. The number of alkyl halides is 1. The predicted octanol–water partition coefficient (Wildman–Crippen LogP) is 3.05. The Bertz CT molecular complexity index is 430. The summed E-state index contributed by atoms with van der Waals surface area (Å²) in [5.74, 6) is 0.767. The van der Waals surface area contributed by atoms with Crippen molar-refractivity contribution in [3.63, 3.8) is 0 Å². The van der Waals surface area contributed by atoms with Crippen LogP contribution in [0.2, 0.25) is 0 Å². The van der Waals surface area contributed by atoms with Crippen LogP contribution in [0, 0.1) is 19.8 Å². The number of aryl methyl sites for hydroxylation is 1. The van der Waals surface area contributed by atoms with Crippen LogP contribution in [-0.2, 0) is 11.3 Å². The standard InChI is InChI=1S/C14H18BrNO/c1-10-4-3-5-13(11(10)2)9-16-8-12(7-15)6-14(16)17/h3-5,12H,6-9H2,1-2H3. The van der Waals surface area contributed by atoms with E-state index in [1.807, 2.05) is 4.90 Å². The third-order valence-electron chi connectivity index (χ3n) is 3.59. The molecule has 1 heterocycles. The second kappa shape index (κ2) is 5.21. The van der Waals surface area contributed by atoms with E-state index < -0.39 is 0 Å². The fraction of sp³-hybridized carbons (Fsp3) is 0.500. The van der Waals surface area contributed by atoms with E-state index in [4.69, 9.17) is 0 Å². The van der Waals surface area contributed by atoms with Crippen molar-refractivity contribution < 1.29 is 4.79 Å². The van der Waals surface area contributed by atoms with Gasteiger partial charge in [-0.1, -0.05) is 34.1 Å². The zero-order valence-corrected chi connectivity index (χ0v) is 12.0. The van der Waals surface area contributed by atoms with Crippen molar-refractivity contribution in [2.45, 2.75) is 26.8 Å². The van der Waals surface area contributed by atoms with E-state index in [1.165, 1.54) is 16.7 Å². The maximum absolute atomic E-state index is 11.8. The fourth-order valence-electron chi connectivity index (χ4n) is 2.30. The second-order valence-corrected chi connectivity index (χ2v) is 5.51. The van der Waals surface area contributed by atoms with E-state index in [-0.39, 0.29) is 5.91 Å². The SMILES string of the molecule is Cc1cccc(CN2CC(CBr)CC2=O)c1C. The molecule has 0 saturated carbocycles. The largest absolute Gasteiger partial charge is 0.338 e. The Hall–Kier alpha value is -0.830. The zero-order chi connectivity index (χ0) is 12.4. The molecule has 0 bridgehead atoms. The summed E-state index contributed by atoms with van der Waals surface area (Å²) in [6.45, 7) is 5.90. The second-order valence-electron chi connectivity index (χ2n) is 4.86. The van der Waals surface area contributed by atoms with Gasteiger partial charge in [0.2, 0.25) is 5.91 Å². The van der Waals surface area contributed by atoms with Gasteiger partial charge in [0.05, 0.1) is 0 Å². The van der Waals surface area contributed by atoms with Crippen molar-refractivity contribution in [2.75, 3.05) is 11.9 Å². The van der Waals surface area contributed by atoms with Crippen LogP contribution in [0.15, 0.2) is 18.2 Å². The molecule has 17 heavy (non-hydrogen) atoms. The lowest BCUT2D eigenvalue weighted by Gasteiger charge is -2.18. The first-order chi connectivity index (χ1) is 8.11. The van der Waals surface area contributed by atoms with E-state index in [9.17, 15) is 4.79 Å². The van der Waals surface area contributed by atoms with Crippen LogP contribution in [0.5, 0.6) is 0 Å². The zero-order valence-electron chi connectivity index (χ0n) is 10.4. The Morgan fingerprint density at radius 2 is 2.18 bits per heavy atom. The van der Waals surface area contributed by atoms with E-state index in [0.717, 1.165) is 18.4 Å². The monoisotopic (exact) mass is 295 g/mol. The molecule has 3 heteroatoms. The molecule has 1 aromatic rings. The molecule has 0 N–H and O–H groups in total. The number of nitrogens with zero attached hydrogens (tertiary/aromatic N) is 1. The van der Waals surface area contributed by atoms with Gasteiger partial charge in [0, 0.05) is 24.8 Å². The van der Waals surface area contributed by atoms with Crippen LogP contribution >= 0.6 is 15.9 Å². The van der Waals surface area contributed by atoms with Gasteiger partial charge in [-0.2, -0.15) is 0 Å². The van der Waals surface area contributed by atoms with Crippen LogP contribution in [0.3, 0.4) is 0 Å². The number of hydrogen-bond acceptors (Lipinski definition) is 1. The van der Waals surface area contributed by atoms with Gasteiger partial charge in [0.1, 0.15) is 0 Å². The number of amides is 1. The van der Waals surface area contributed by atoms with Gasteiger partial charge in [-0.25, -0.2) is 0 Å². The maximum atomic E-state index is 11.8. The molecule has 0 aromatic heterocycles. The summed E-state index contributed by atoms with van der Waals surface area (Å²) in [6, 6.07) is 6.31. The fourth-order valence-corrected chi connectivity index (χ4v) is 2.73. The number of carbonyl (C=O) groups is 1. The summed E-state index contributed by atoms with van der Waals surface area (Å²) in [6.07, 6.45) is 0.691. The van der Waals surface area contributed by atoms with E-state index in [1.54, 1.807) is 0 Å². The van der Waals surface area contributed by atoms with Crippen LogP contribution in [0.1, 0.15) is 23.1 Å². The summed E-state index contributed by atoms with van der Waals surface area (Å²) in [5, 5.41) is 0.919. The Balaban J connectivity index is 2.11. The van der Waals surface area contributed by atoms with Gasteiger partial charge in [0.15, 0.2) is 0 Å². The molecule has 1 aliphatic heterocycles. The minimum atomic E-state index is 0.287. The van der Waals surface area contributed by atoms with Crippen LogP contribution in [0.25, 0.3) is 0 Å². The Labute approximate surface area is 111 Å². The van der Waals surface area contributed by atoms with Gasteiger partial charge in [-0.3, -0.25) is 4.79 Å². The van der Waals surface area contributed by atoms with Crippen molar-refractivity contribution in [3.05, 3.63) is 34.9 Å². The smallest absolute Gasteiger partial charge is 0.223 e. The van der Waals surface area contributed by atoms with Gasteiger partial charge < -0.3 is 4.90 Å². The molecule has 1 saturated heterocycles. The highest BCUT2D eigenvalue weighted by molar-refractivity contribution is 9.09. The number of likely N-dealkylation sites (tertiary alicyclic amines) is 1. The average Bonchev–Trinajstić information content (AvgIpc) is 2.66. The number of hydrogen-bond donors (Lipinski definition) is 0. The minimum absolute atomic E-state index is 0.287. The lowest BCUT2D eigenvalue weighted by Crippen LogP contribution is -2.25. The average molecular weight is 296 g/mol. The molecule has 1 aromatic carbocycles. The molecule has 92 valence electrons. The molecule has 2 nitrogen and oxygen atoms in total. The molecule has 1 fully saturated rings. The number of benzene rings is 1. The molecular formula is C14H18BrNO. The Morgan fingerprint density at radius 3 is 2.82 bits per heavy atom. The topological polar surface area (TPSA) is 20.3 Å². The van der Waals surface area contributed by atoms with E-state index in [0.29, 0.717) is 12.3 Å². The van der Waals surface area contributed by atoms with E-state index >= 15 is 0 Å². The normalized spacial score (nSPS) is 20.1. The highest BCUT2D eigenvalue weighted by Gasteiger charge is 2.28. The molecule has 2 rings (SSSR count). The summed E-state index contributed by atoms with van der Waals surface area (Å²) < 4.78 is 0. The highest BCUT2D eigenvalue weighted by atomic mass is 79.9. The number of halogens is 1. The predicted molar refractivity (Wildman–Crippen MR) is 73.2 cm³/mol. The maximum Gasteiger partial charge on any atom is 0.223 e. The van der Waals surface area contributed by atoms with Crippen molar-refractivity contribution >= 4 is 21.8 Å². The molecule has 1 aliphatic rings. The molecular weight excluding hydrogens is 278 g/mol. The first-order valence-corrected chi connectivity index (χ1v) is 7.12. The summed E-state index contributed by atoms with van der Waals surface area (Å²) in [4.78, 5) is 13.8. The highest BCUT2D eigenvalue weighted by Crippen LogP contribution is 2.23.